The Morgan fingerprint density at radius 3 is 2.74 bits per heavy atom. The number of benzene rings is 1. The molecule has 8 heteroatoms. The predicted octanol–water partition coefficient (Wildman–Crippen LogP) is 4.01. The summed E-state index contributed by atoms with van der Waals surface area (Å²) in [6, 6.07) is 12.7. The van der Waals surface area contributed by atoms with E-state index in [4.69, 9.17) is 14.2 Å². The van der Waals surface area contributed by atoms with Crippen LogP contribution in [0.3, 0.4) is 0 Å². The molecule has 166 valence electrons. The zero-order valence-corrected chi connectivity index (χ0v) is 18.2. The van der Waals surface area contributed by atoms with Crippen molar-refractivity contribution in [3.63, 3.8) is 0 Å². The molecule has 8 nitrogen and oxygen atoms in total. The Bertz CT molecular complexity index is 882. The first kappa shape index (κ1) is 22.6. The van der Waals surface area contributed by atoms with Gasteiger partial charge in [0.15, 0.2) is 0 Å². The minimum absolute atomic E-state index is 0.189. The largest absolute Gasteiger partial charge is 0.444 e. The Morgan fingerprint density at radius 2 is 2.00 bits per heavy atom. The molecule has 0 aliphatic carbocycles. The summed E-state index contributed by atoms with van der Waals surface area (Å²) in [6.45, 7) is 7.05. The highest BCUT2D eigenvalue weighted by molar-refractivity contribution is 5.84. The maximum Gasteiger partial charge on any atom is 0.411 e. The van der Waals surface area contributed by atoms with E-state index >= 15 is 0 Å². The predicted molar refractivity (Wildman–Crippen MR) is 116 cm³/mol. The lowest BCUT2D eigenvalue weighted by molar-refractivity contribution is -0.0321. The summed E-state index contributed by atoms with van der Waals surface area (Å²) in [5.41, 5.74) is 1.64. The number of ether oxygens (including phenoxy) is 3. The molecule has 2 aromatic rings. The van der Waals surface area contributed by atoms with E-state index < -0.39 is 11.7 Å². The molecule has 1 aromatic heterocycles. The normalized spacial score (nSPS) is 16.5. The van der Waals surface area contributed by atoms with E-state index in [-0.39, 0.29) is 18.7 Å². The molecule has 1 saturated heterocycles. The fourth-order valence-corrected chi connectivity index (χ4v) is 3.17. The monoisotopic (exact) mass is 427 g/mol. The number of hydrogen-bond acceptors (Lipinski definition) is 6. The lowest BCUT2D eigenvalue weighted by atomic mass is 10.1. The van der Waals surface area contributed by atoms with Crippen molar-refractivity contribution in [2.24, 2.45) is 0 Å². The molecule has 0 saturated carbocycles. The topological polar surface area (TPSA) is 90.0 Å². The number of rotatable bonds is 5. The van der Waals surface area contributed by atoms with Gasteiger partial charge in [-0.1, -0.05) is 30.3 Å². The maximum absolute atomic E-state index is 12.6. The van der Waals surface area contributed by atoms with Crippen molar-refractivity contribution in [2.75, 3.05) is 25.1 Å². The minimum Gasteiger partial charge on any atom is -0.444 e. The molecule has 1 atom stereocenters. The Labute approximate surface area is 182 Å². The number of morpholine rings is 1. The Morgan fingerprint density at radius 1 is 1.23 bits per heavy atom. The molecule has 1 fully saturated rings. The van der Waals surface area contributed by atoms with Gasteiger partial charge in [-0.2, -0.15) is 0 Å². The van der Waals surface area contributed by atoms with Gasteiger partial charge in [-0.15, -0.1) is 0 Å². The van der Waals surface area contributed by atoms with Gasteiger partial charge < -0.3 is 19.1 Å². The fraction of sp³-hybridized carbons (Fsp3) is 0.435. The van der Waals surface area contributed by atoms with Crippen molar-refractivity contribution >= 4 is 17.9 Å². The first-order valence-electron chi connectivity index (χ1n) is 10.3. The molecule has 1 N–H and O–H groups in total. The molecule has 2 amide bonds. The summed E-state index contributed by atoms with van der Waals surface area (Å²) in [5.74, 6) is 0. The van der Waals surface area contributed by atoms with Gasteiger partial charge in [0.25, 0.3) is 0 Å². The molecule has 1 aliphatic rings. The quantitative estimate of drug-likeness (QED) is 0.775. The summed E-state index contributed by atoms with van der Waals surface area (Å²) in [6.07, 6.45) is 1.19. The van der Waals surface area contributed by atoms with Crippen molar-refractivity contribution in [3.05, 3.63) is 59.9 Å². The van der Waals surface area contributed by atoms with Gasteiger partial charge in [-0.3, -0.25) is 10.3 Å². The van der Waals surface area contributed by atoms with Crippen LogP contribution in [0.5, 0.6) is 0 Å². The Balaban J connectivity index is 1.58. The maximum atomic E-state index is 12.6. The van der Waals surface area contributed by atoms with Gasteiger partial charge in [0, 0.05) is 30.5 Å². The highest BCUT2D eigenvalue weighted by Crippen LogP contribution is 2.18. The molecule has 0 radical (unpaired) electrons. The van der Waals surface area contributed by atoms with Crippen molar-refractivity contribution in [1.82, 2.24) is 9.88 Å². The second-order valence-electron chi connectivity index (χ2n) is 8.33. The average molecular weight is 428 g/mol. The zero-order chi connectivity index (χ0) is 22.3. The van der Waals surface area contributed by atoms with Crippen LogP contribution in [0.1, 0.15) is 32.0 Å². The zero-order valence-electron chi connectivity index (χ0n) is 18.2. The van der Waals surface area contributed by atoms with E-state index in [1.165, 1.54) is 0 Å². The summed E-state index contributed by atoms with van der Waals surface area (Å²) in [5, 5.41) is 2.72. The third kappa shape index (κ3) is 7.25. The third-order valence-corrected chi connectivity index (χ3v) is 4.58. The number of anilines is 1. The van der Waals surface area contributed by atoms with Crippen molar-refractivity contribution < 1.29 is 23.8 Å². The summed E-state index contributed by atoms with van der Waals surface area (Å²) in [7, 11) is 0. The van der Waals surface area contributed by atoms with Gasteiger partial charge in [-0.25, -0.2) is 9.59 Å². The number of pyridine rings is 1. The highest BCUT2D eigenvalue weighted by Gasteiger charge is 2.31. The lowest BCUT2D eigenvalue weighted by Crippen LogP contribution is -2.51. The molecule has 0 unspecified atom stereocenters. The second-order valence-corrected chi connectivity index (χ2v) is 8.33. The van der Waals surface area contributed by atoms with Crippen LogP contribution in [0.25, 0.3) is 0 Å². The highest BCUT2D eigenvalue weighted by atomic mass is 16.6. The molecular weight excluding hydrogens is 398 g/mol. The van der Waals surface area contributed by atoms with Crippen molar-refractivity contribution in [3.8, 4) is 0 Å². The van der Waals surface area contributed by atoms with Crippen LogP contribution in [0, 0.1) is 0 Å². The van der Waals surface area contributed by atoms with E-state index in [1.807, 2.05) is 51.1 Å². The summed E-state index contributed by atoms with van der Waals surface area (Å²) < 4.78 is 16.3. The van der Waals surface area contributed by atoms with Gasteiger partial charge >= 0.3 is 12.2 Å². The van der Waals surface area contributed by atoms with E-state index in [1.54, 1.807) is 23.2 Å². The SMILES string of the molecule is CC(C)(C)OC(=O)N1CCOC[C@@H]1Cc1cc(NC(=O)OCc2ccccc2)ccn1. The first-order chi connectivity index (χ1) is 14.8. The van der Waals surface area contributed by atoms with Gasteiger partial charge in [0.05, 0.1) is 19.3 Å². The van der Waals surface area contributed by atoms with Crippen LogP contribution in [0.4, 0.5) is 15.3 Å². The number of amides is 2. The molecule has 2 heterocycles. The Hall–Kier alpha value is -3.13. The second kappa shape index (κ2) is 10.3. The Kier molecular flexibility index (Phi) is 7.46. The third-order valence-electron chi connectivity index (χ3n) is 4.58. The molecule has 3 rings (SSSR count). The smallest absolute Gasteiger partial charge is 0.411 e. The summed E-state index contributed by atoms with van der Waals surface area (Å²) >= 11 is 0. The van der Waals surface area contributed by atoms with Gasteiger partial charge in [-0.05, 0) is 38.5 Å². The van der Waals surface area contributed by atoms with E-state index in [2.05, 4.69) is 10.3 Å². The van der Waals surface area contributed by atoms with Crippen LogP contribution < -0.4 is 5.32 Å². The molecule has 0 spiro atoms. The number of carbonyl (C=O) groups excluding carboxylic acids is 2. The number of hydrogen-bond donors (Lipinski definition) is 1. The fourth-order valence-electron chi connectivity index (χ4n) is 3.17. The van der Waals surface area contributed by atoms with Crippen LogP contribution in [0.15, 0.2) is 48.7 Å². The van der Waals surface area contributed by atoms with E-state index in [9.17, 15) is 9.59 Å². The van der Waals surface area contributed by atoms with Crippen LogP contribution in [-0.4, -0.2) is 53.5 Å². The lowest BCUT2D eigenvalue weighted by Gasteiger charge is -2.36. The molecule has 1 aromatic carbocycles. The molecular formula is C23H29N3O5. The van der Waals surface area contributed by atoms with Crippen molar-refractivity contribution in [2.45, 2.75) is 45.4 Å². The van der Waals surface area contributed by atoms with Crippen LogP contribution >= 0.6 is 0 Å². The molecule has 0 bridgehead atoms. The van der Waals surface area contributed by atoms with Crippen LogP contribution in [-0.2, 0) is 27.2 Å². The number of aromatic nitrogens is 1. The summed E-state index contributed by atoms with van der Waals surface area (Å²) in [4.78, 5) is 30.7. The van der Waals surface area contributed by atoms with Gasteiger partial charge in [0.2, 0.25) is 0 Å². The first-order valence-corrected chi connectivity index (χ1v) is 10.3. The van der Waals surface area contributed by atoms with E-state index in [0.717, 1.165) is 11.3 Å². The number of nitrogens with zero attached hydrogens (tertiary/aromatic N) is 2. The van der Waals surface area contributed by atoms with Crippen molar-refractivity contribution in [1.29, 1.82) is 0 Å². The van der Waals surface area contributed by atoms with Crippen LogP contribution in [0.2, 0.25) is 0 Å². The van der Waals surface area contributed by atoms with E-state index in [0.29, 0.717) is 31.9 Å². The van der Waals surface area contributed by atoms with Gasteiger partial charge in [0.1, 0.15) is 12.2 Å². The standard InChI is InChI=1S/C23H29N3O5/c1-23(2,3)31-22(28)26-11-12-29-16-20(26)14-19-13-18(9-10-24-19)25-21(27)30-15-17-7-5-4-6-8-17/h4-10,13,20H,11-12,14-16H2,1-3H3,(H,24,25,27)/t20-/m0/s1. The average Bonchev–Trinajstić information content (AvgIpc) is 2.72. The molecule has 1 aliphatic heterocycles. The number of carbonyl (C=O) groups is 2. The minimum atomic E-state index is -0.567. The molecule has 31 heavy (non-hydrogen) atoms. The number of nitrogens with one attached hydrogen (secondary N) is 1.